The van der Waals surface area contributed by atoms with E-state index in [4.69, 9.17) is 9.47 Å². The quantitative estimate of drug-likeness (QED) is 0.474. The predicted molar refractivity (Wildman–Crippen MR) is 109 cm³/mol. The van der Waals surface area contributed by atoms with Crippen molar-refractivity contribution in [1.82, 2.24) is 0 Å². The Morgan fingerprint density at radius 1 is 0.929 bits per heavy atom. The van der Waals surface area contributed by atoms with Gasteiger partial charge in [-0.15, -0.1) is 0 Å². The van der Waals surface area contributed by atoms with E-state index in [1.54, 1.807) is 6.08 Å². The number of hydrogen-bond donors (Lipinski definition) is 0. The molecule has 0 aromatic heterocycles. The zero-order chi connectivity index (χ0) is 19.3. The summed E-state index contributed by atoms with van der Waals surface area (Å²) < 4.78 is 11.1. The summed E-state index contributed by atoms with van der Waals surface area (Å²) in [5.74, 6) is 0.655. The van der Waals surface area contributed by atoms with E-state index in [1.807, 2.05) is 85.8 Å². The minimum Gasteiger partial charge on any atom is -0.489 e. The molecule has 1 aliphatic rings. The van der Waals surface area contributed by atoms with Crippen LogP contribution in [0, 0.1) is 6.92 Å². The Morgan fingerprint density at radius 3 is 2.36 bits per heavy atom. The first kappa shape index (κ1) is 17.7. The maximum atomic E-state index is 12.1. The number of aryl methyl sites for hydroxylation is 1. The molecule has 0 saturated heterocycles. The molecule has 0 spiro atoms. The van der Waals surface area contributed by atoms with Gasteiger partial charge in [0, 0.05) is 5.56 Å². The van der Waals surface area contributed by atoms with E-state index in [2.05, 4.69) is 4.99 Å². The Hall–Kier alpha value is -3.66. The molecule has 0 amide bonds. The standard InChI is InChI=1S/C24H19NO3/c1-17-7-11-20(12-8-17)23-25-22(24(26)28-23)15-18-9-13-21(14-10-18)27-16-19-5-3-2-4-6-19/h2-15H,16H2,1H3/b22-15+. The summed E-state index contributed by atoms with van der Waals surface area (Å²) in [5.41, 5.74) is 4.17. The molecule has 3 aromatic carbocycles. The van der Waals surface area contributed by atoms with Gasteiger partial charge in [0.25, 0.3) is 0 Å². The largest absolute Gasteiger partial charge is 0.489 e. The number of esters is 1. The Balaban J connectivity index is 1.46. The topological polar surface area (TPSA) is 47.9 Å². The molecule has 0 atom stereocenters. The fourth-order valence-corrected chi connectivity index (χ4v) is 2.79. The smallest absolute Gasteiger partial charge is 0.363 e. The highest BCUT2D eigenvalue weighted by molar-refractivity contribution is 6.12. The van der Waals surface area contributed by atoms with Gasteiger partial charge >= 0.3 is 5.97 Å². The minimum absolute atomic E-state index is 0.286. The molecule has 4 rings (SSSR count). The summed E-state index contributed by atoms with van der Waals surface area (Å²) in [7, 11) is 0. The zero-order valence-electron chi connectivity index (χ0n) is 15.5. The zero-order valence-corrected chi connectivity index (χ0v) is 15.5. The molecule has 0 bridgehead atoms. The molecular weight excluding hydrogens is 350 g/mol. The summed E-state index contributed by atoms with van der Waals surface area (Å²) >= 11 is 0. The van der Waals surface area contributed by atoms with Crippen LogP contribution in [0.15, 0.2) is 89.6 Å². The number of aliphatic imine (C=N–C) groups is 1. The summed E-state index contributed by atoms with van der Waals surface area (Å²) in [6, 6.07) is 25.2. The van der Waals surface area contributed by atoms with Crippen molar-refractivity contribution in [2.45, 2.75) is 13.5 Å². The maximum absolute atomic E-state index is 12.1. The van der Waals surface area contributed by atoms with Crippen molar-refractivity contribution in [2.75, 3.05) is 0 Å². The van der Waals surface area contributed by atoms with E-state index in [0.717, 1.165) is 28.0 Å². The lowest BCUT2D eigenvalue weighted by atomic mass is 10.1. The van der Waals surface area contributed by atoms with Crippen LogP contribution < -0.4 is 4.74 Å². The van der Waals surface area contributed by atoms with Crippen LogP contribution in [0.3, 0.4) is 0 Å². The number of nitrogens with zero attached hydrogens (tertiary/aromatic N) is 1. The van der Waals surface area contributed by atoms with Crippen molar-refractivity contribution in [3.05, 3.63) is 107 Å². The van der Waals surface area contributed by atoms with Gasteiger partial charge in [-0.05, 0) is 48.4 Å². The molecule has 0 fully saturated rings. The fourth-order valence-electron chi connectivity index (χ4n) is 2.79. The number of ether oxygens (including phenoxy) is 2. The van der Waals surface area contributed by atoms with E-state index in [-0.39, 0.29) is 5.70 Å². The summed E-state index contributed by atoms with van der Waals surface area (Å²) in [4.78, 5) is 16.5. The predicted octanol–water partition coefficient (Wildman–Crippen LogP) is 4.92. The highest BCUT2D eigenvalue weighted by Gasteiger charge is 2.23. The van der Waals surface area contributed by atoms with Gasteiger partial charge in [0.2, 0.25) is 5.90 Å². The van der Waals surface area contributed by atoms with E-state index >= 15 is 0 Å². The third-order valence-corrected chi connectivity index (χ3v) is 4.35. The molecular formula is C24H19NO3. The van der Waals surface area contributed by atoms with Crippen LogP contribution in [0.2, 0.25) is 0 Å². The number of carbonyl (C=O) groups excluding carboxylic acids is 1. The van der Waals surface area contributed by atoms with Crippen LogP contribution in [0.4, 0.5) is 0 Å². The number of cyclic esters (lactones) is 1. The van der Waals surface area contributed by atoms with E-state index in [9.17, 15) is 4.79 Å². The summed E-state index contributed by atoms with van der Waals surface area (Å²) in [6.45, 7) is 2.52. The van der Waals surface area contributed by atoms with E-state index < -0.39 is 5.97 Å². The summed E-state index contributed by atoms with van der Waals surface area (Å²) in [5, 5.41) is 0. The Labute approximate surface area is 163 Å². The van der Waals surface area contributed by atoms with E-state index in [0.29, 0.717) is 12.5 Å². The van der Waals surface area contributed by atoms with Crippen molar-refractivity contribution < 1.29 is 14.3 Å². The normalized spacial score (nSPS) is 14.7. The van der Waals surface area contributed by atoms with Gasteiger partial charge in [0.15, 0.2) is 5.70 Å². The minimum atomic E-state index is -0.444. The number of hydrogen-bond acceptors (Lipinski definition) is 4. The molecule has 138 valence electrons. The number of carbonyl (C=O) groups is 1. The van der Waals surface area contributed by atoms with Gasteiger partial charge in [0.05, 0.1) is 0 Å². The first-order chi connectivity index (χ1) is 13.7. The SMILES string of the molecule is Cc1ccc(C2=N/C(=C/c3ccc(OCc4ccccc4)cc3)C(=O)O2)cc1. The van der Waals surface area contributed by atoms with Crippen molar-refractivity contribution in [3.8, 4) is 5.75 Å². The lowest BCUT2D eigenvalue weighted by molar-refractivity contribution is -0.129. The molecule has 0 radical (unpaired) electrons. The van der Waals surface area contributed by atoms with E-state index in [1.165, 1.54) is 0 Å². The second-order valence-corrected chi connectivity index (χ2v) is 6.55. The number of benzene rings is 3. The lowest BCUT2D eigenvalue weighted by Crippen LogP contribution is -2.05. The van der Waals surface area contributed by atoms with Crippen LogP contribution in [0.5, 0.6) is 5.75 Å². The van der Waals surface area contributed by atoms with Crippen LogP contribution in [0.25, 0.3) is 6.08 Å². The van der Waals surface area contributed by atoms with Crippen LogP contribution in [0.1, 0.15) is 22.3 Å². The lowest BCUT2D eigenvalue weighted by Gasteiger charge is -2.06. The fraction of sp³-hybridized carbons (Fsp3) is 0.0833. The van der Waals surface area contributed by atoms with Gasteiger partial charge in [-0.1, -0.05) is 60.2 Å². The maximum Gasteiger partial charge on any atom is 0.363 e. The first-order valence-electron chi connectivity index (χ1n) is 9.04. The van der Waals surface area contributed by atoms with Crippen molar-refractivity contribution in [1.29, 1.82) is 0 Å². The van der Waals surface area contributed by atoms with Gasteiger partial charge in [-0.3, -0.25) is 0 Å². The van der Waals surface area contributed by atoms with Crippen molar-refractivity contribution in [2.24, 2.45) is 4.99 Å². The molecule has 4 heteroatoms. The molecule has 0 saturated carbocycles. The third kappa shape index (κ3) is 4.18. The van der Waals surface area contributed by atoms with Crippen LogP contribution in [-0.2, 0) is 16.1 Å². The number of rotatable bonds is 5. The second kappa shape index (κ2) is 7.92. The monoisotopic (exact) mass is 369 g/mol. The van der Waals surface area contributed by atoms with Gasteiger partial charge < -0.3 is 9.47 Å². The second-order valence-electron chi connectivity index (χ2n) is 6.55. The highest BCUT2D eigenvalue weighted by atomic mass is 16.6. The van der Waals surface area contributed by atoms with Gasteiger partial charge in [-0.25, -0.2) is 9.79 Å². The molecule has 1 aliphatic heterocycles. The summed E-state index contributed by atoms with van der Waals surface area (Å²) in [6.07, 6.45) is 1.71. The Kier molecular flexibility index (Phi) is 5.02. The molecule has 28 heavy (non-hydrogen) atoms. The molecule has 0 aliphatic carbocycles. The average Bonchev–Trinajstić information content (AvgIpc) is 3.09. The third-order valence-electron chi connectivity index (χ3n) is 4.35. The molecule has 0 N–H and O–H groups in total. The van der Waals surface area contributed by atoms with Gasteiger partial charge in [0.1, 0.15) is 12.4 Å². The van der Waals surface area contributed by atoms with Crippen molar-refractivity contribution >= 4 is 17.9 Å². The molecule has 3 aromatic rings. The first-order valence-corrected chi connectivity index (χ1v) is 9.04. The Morgan fingerprint density at radius 2 is 1.64 bits per heavy atom. The van der Waals surface area contributed by atoms with Crippen LogP contribution in [-0.4, -0.2) is 11.9 Å². The van der Waals surface area contributed by atoms with Crippen molar-refractivity contribution in [3.63, 3.8) is 0 Å². The van der Waals surface area contributed by atoms with Crippen LogP contribution >= 0.6 is 0 Å². The molecule has 1 heterocycles. The van der Waals surface area contributed by atoms with Gasteiger partial charge in [-0.2, -0.15) is 0 Å². The molecule has 4 nitrogen and oxygen atoms in total. The average molecular weight is 369 g/mol. The highest BCUT2D eigenvalue weighted by Crippen LogP contribution is 2.21. The Bertz CT molecular complexity index is 1030. The molecule has 0 unspecified atom stereocenters.